The number of benzene rings is 1. The Morgan fingerprint density at radius 1 is 1.39 bits per heavy atom. The first-order chi connectivity index (χ1) is 11.0. The van der Waals surface area contributed by atoms with E-state index in [1.165, 1.54) is 5.06 Å². The molecular formula is C16H22N2O5. The van der Waals surface area contributed by atoms with Crippen LogP contribution in [0.2, 0.25) is 0 Å². The van der Waals surface area contributed by atoms with Gasteiger partial charge in [-0.2, -0.15) is 0 Å². The van der Waals surface area contributed by atoms with Gasteiger partial charge in [-0.25, -0.2) is 9.90 Å². The van der Waals surface area contributed by atoms with E-state index in [-0.39, 0.29) is 18.6 Å². The molecule has 1 aliphatic heterocycles. The fraction of sp³-hybridized carbons (Fsp3) is 0.500. The number of carbonyl (C=O) groups is 2. The number of hydrogen-bond donors (Lipinski definition) is 2. The van der Waals surface area contributed by atoms with Gasteiger partial charge >= 0.3 is 5.97 Å². The van der Waals surface area contributed by atoms with Crippen LogP contribution in [0.1, 0.15) is 35.2 Å². The lowest BCUT2D eigenvalue weighted by Gasteiger charge is -2.27. The maximum absolute atomic E-state index is 12.3. The van der Waals surface area contributed by atoms with Gasteiger partial charge in [0.1, 0.15) is 6.04 Å². The summed E-state index contributed by atoms with van der Waals surface area (Å²) in [4.78, 5) is 28.5. The zero-order chi connectivity index (χ0) is 16.8. The lowest BCUT2D eigenvalue weighted by Crippen LogP contribution is -2.35. The van der Waals surface area contributed by atoms with Gasteiger partial charge in [0, 0.05) is 25.6 Å². The number of hydroxylamine groups is 2. The van der Waals surface area contributed by atoms with Crippen LogP contribution in [-0.2, 0) is 20.8 Å². The largest absolute Gasteiger partial charge is 0.480 e. The Balaban J connectivity index is 1.92. The lowest BCUT2D eigenvalue weighted by molar-refractivity contribution is -0.258. The Morgan fingerprint density at radius 3 is 2.65 bits per heavy atom. The van der Waals surface area contributed by atoms with Crippen molar-refractivity contribution in [2.75, 3.05) is 13.7 Å². The molecule has 1 aromatic rings. The monoisotopic (exact) mass is 322 g/mol. The summed E-state index contributed by atoms with van der Waals surface area (Å²) in [6.45, 7) is 0.644. The minimum Gasteiger partial charge on any atom is -0.480 e. The Morgan fingerprint density at radius 2 is 2.09 bits per heavy atom. The molecule has 7 heteroatoms. The molecule has 23 heavy (non-hydrogen) atoms. The molecule has 2 rings (SSSR count). The molecule has 0 bridgehead atoms. The molecule has 1 saturated heterocycles. The van der Waals surface area contributed by atoms with Crippen molar-refractivity contribution >= 4 is 11.9 Å². The summed E-state index contributed by atoms with van der Waals surface area (Å²) in [6.07, 6.45) is 2.63. The number of nitrogens with zero attached hydrogens (tertiary/aromatic N) is 1. The zero-order valence-corrected chi connectivity index (χ0v) is 13.1. The first-order valence-electron chi connectivity index (χ1n) is 7.61. The SMILES string of the molecule is CN(OC1CCCCO1)C(=O)c1ccc(CC(N)C(=O)O)cc1. The predicted molar refractivity (Wildman–Crippen MR) is 82.5 cm³/mol. The van der Waals surface area contributed by atoms with E-state index in [1.807, 2.05) is 0 Å². The second kappa shape index (κ2) is 8.05. The molecule has 7 nitrogen and oxygen atoms in total. The molecule has 1 aliphatic rings. The quantitative estimate of drug-likeness (QED) is 0.762. The smallest absolute Gasteiger partial charge is 0.320 e. The van der Waals surface area contributed by atoms with E-state index in [9.17, 15) is 9.59 Å². The first-order valence-corrected chi connectivity index (χ1v) is 7.61. The Bertz CT molecular complexity index is 540. The fourth-order valence-electron chi connectivity index (χ4n) is 2.32. The number of amides is 1. The molecule has 0 saturated carbocycles. The number of ether oxygens (including phenoxy) is 1. The van der Waals surface area contributed by atoms with Crippen LogP contribution in [0.3, 0.4) is 0 Å². The third-order valence-electron chi connectivity index (χ3n) is 3.67. The van der Waals surface area contributed by atoms with Crippen LogP contribution in [0.15, 0.2) is 24.3 Å². The van der Waals surface area contributed by atoms with E-state index in [1.54, 1.807) is 31.3 Å². The molecule has 0 aromatic heterocycles. The highest BCUT2D eigenvalue weighted by Gasteiger charge is 2.21. The molecular weight excluding hydrogens is 300 g/mol. The normalized spacial score (nSPS) is 19.1. The lowest BCUT2D eigenvalue weighted by atomic mass is 10.0. The van der Waals surface area contributed by atoms with Gasteiger partial charge in [0.25, 0.3) is 5.91 Å². The standard InChI is InChI=1S/C16H22N2O5/c1-18(23-14-4-2-3-9-22-14)15(19)12-7-5-11(6-8-12)10-13(17)16(20)21/h5-8,13-14H,2-4,9-10,17H2,1H3,(H,20,21). The van der Waals surface area contributed by atoms with Gasteiger partial charge in [0.05, 0.1) is 0 Å². The number of carboxylic acid groups (broad SMARTS) is 1. The van der Waals surface area contributed by atoms with Gasteiger partial charge in [-0.05, 0) is 37.0 Å². The highest BCUT2D eigenvalue weighted by Crippen LogP contribution is 2.16. The molecule has 2 unspecified atom stereocenters. The summed E-state index contributed by atoms with van der Waals surface area (Å²) in [5, 5.41) is 9.98. The highest BCUT2D eigenvalue weighted by atomic mass is 16.8. The summed E-state index contributed by atoms with van der Waals surface area (Å²) < 4.78 is 5.43. The van der Waals surface area contributed by atoms with Gasteiger partial charge in [-0.15, -0.1) is 0 Å². The number of aliphatic carboxylic acids is 1. The minimum atomic E-state index is -1.05. The van der Waals surface area contributed by atoms with Crippen molar-refractivity contribution < 1.29 is 24.3 Å². The summed E-state index contributed by atoms with van der Waals surface area (Å²) in [7, 11) is 1.55. The van der Waals surface area contributed by atoms with Crippen LogP contribution in [0.25, 0.3) is 0 Å². The van der Waals surface area contributed by atoms with E-state index in [4.69, 9.17) is 20.4 Å². The zero-order valence-electron chi connectivity index (χ0n) is 13.1. The predicted octanol–water partition coefficient (Wildman–Crippen LogP) is 1.17. The number of hydrogen-bond acceptors (Lipinski definition) is 5. The Kier molecular flexibility index (Phi) is 6.09. The summed E-state index contributed by atoms with van der Waals surface area (Å²) in [6, 6.07) is 5.70. The molecule has 1 heterocycles. The van der Waals surface area contributed by atoms with E-state index < -0.39 is 12.0 Å². The van der Waals surface area contributed by atoms with Crippen LogP contribution >= 0.6 is 0 Å². The fourth-order valence-corrected chi connectivity index (χ4v) is 2.32. The number of carbonyl (C=O) groups excluding carboxylic acids is 1. The van der Waals surface area contributed by atoms with Gasteiger partial charge in [0.15, 0.2) is 6.29 Å². The number of nitrogens with two attached hydrogens (primary N) is 1. The van der Waals surface area contributed by atoms with Crippen molar-refractivity contribution in [1.82, 2.24) is 5.06 Å². The molecule has 0 aliphatic carbocycles. The van der Waals surface area contributed by atoms with E-state index in [0.717, 1.165) is 24.8 Å². The highest BCUT2D eigenvalue weighted by molar-refractivity contribution is 5.93. The molecule has 1 aromatic carbocycles. The molecule has 3 N–H and O–H groups in total. The molecule has 0 spiro atoms. The van der Waals surface area contributed by atoms with Crippen molar-refractivity contribution in [2.45, 2.75) is 38.0 Å². The second-order valence-electron chi connectivity index (χ2n) is 5.55. The molecule has 1 fully saturated rings. The van der Waals surface area contributed by atoms with Crippen molar-refractivity contribution in [2.24, 2.45) is 5.73 Å². The van der Waals surface area contributed by atoms with Gasteiger partial charge in [-0.3, -0.25) is 9.59 Å². The molecule has 126 valence electrons. The Labute approximate surface area is 134 Å². The van der Waals surface area contributed by atoms with Crippen LogP contribution in [0, 0.1) is 0 Å². The number of carboxylic acids is 1. The maximum Gasteiger partial charge on any atom is 0.320 e. The maximum atomic E-state index is 12.3. The third kappa shape index (κ3) is 5.02. The third-order valence-corrected chi connectivity index (χ3v) is 3.67. The molecule has 2 atom stereocenters. The first kappa shape index (κ1) is 17.4. The van der Waals surface area contributed by atoms with E-state index in [0.29, 0.717) is 12.2 Å². The second-order valence-corrected chi connectivity index (χ2v) is 5.55. The van der Waals surface area contributed by atoms with Crippen molar-refractivity contribution in [3.63, 3.8) is 0 Å². The van der Waals surface area contributed by atoms with Crippen molar-refractivity contribution in [3.8, 4) is 0 Å². The molecule has 1 amide bonds. The van der Waals surface area contributed by atoms with Crippen LogP contribution in [0.4, 0.5) is 0 Å². The number of rotatable bonds is 6. The van der Waals surface area contributed by atoms with Gasteiger partial charge < -0.3 is 15.6 Å². The van der Waals surface area contributed by atoms with Crippen LogP contribution in [0.5, 0.6) is 0 Å². The van der Waals surface area contributed by atoms with Crippen molar-refractivity contribution in [3.05, 3.63) is 35.4 Å². The van der Waals surface area contributed by atoms with E-state index in [2.05, 4.69) is 0 Å². The average molecular weight is 322 g/mol. The van der Waals surface area contributed by atoms with Crippen LogP contribution in [-0.4, -0.2) is 48.0 Å². The topological polar surface area (TPSA) is 102 Å². The Hall–Kier alpha value is -1.96. The van der Waals surface area contributed by atoms with Gasteiger partial charge in [0.2, 0.25) is 0 Å². The van der Waals surface area contributed by atoms with Crippen LogP contribution < -0.4 is 5.73 Å². The molecule has 0 radical (unpaired) electrons. The van der Waals surface area contributed by atoms with Crippen molar-refractivity contribution in [1.29, 1.82) is 0 Å². The summed E-state index contributed by atoms with van der Waals surface area (Å²) >= 11 is 0. The summed E-state index contributed by atoms with van der Waals surface area (Å²) in [5.41, 5.74) is 6.70. The average Bonchev–Trinajstić information content (AvgIpc) is 2.55. The summed E-state index contributed by atoms with van der Waals surface area (Å²) in [5.74, 6) is -1.33. The van der Waals surface area contributed by atoms with E-state index >= 15 is 0 Å². The minimum absolute atomic E-state index is 0.214. The van der Waals surface area contributed by atoms with Gasteiger partial charge in [-0.1, -0.05) is 12.1 Å².